The van der Waals surface area contributed by atoms with Gasteiger partial charge in [0.2, 0.25) is 0 Å². The molecule has 1 amide bonds. The summed E-state index contributed by atoms with van der Waals surface area (Å²) in [6, 6.07) is 4.20. The minimum Gasteiger partial charge on any atom is -0.383 e. The highest BCUT2D eigenvalue weighted by Gasteiger charge is 2.24. The maximum Gasteiger partial charge on any atom is 0.257 e. The number of carbonyl (C=O) groups is 1. The first-order chi connectivity index (χ1) is 9.54. The van der Waals surface area contributed by atoms with Crippen LogP contribution in [-0.4, -0.2) is 37.1 Å². The number of hydrogen-bond donors (Lipinski definition) is 0. The summed E-state index contributed by atoms with van der Waals surface area (Å²) in [4.78, 5) is 14.2. The molecule has 0 fully saturated rings. The molecular weight excluding hydrogens is 281 g/mol. The maximum atomic E-state index is 13.9. The molecule has 1 rings (SSSR count). The van der Waals surface area contributed by atoms with E-state index in [9.17, 15) is 9.18 Å². The largest absolute Gasteiger partial charge is 0.383 e. The van der Waals surface area contributed by atoms with E-state index in [4.69, 9.17) is 16.3 Å². The fourth-order valence-electron chi connectivity index (χ4n) is 2.19. The number of carbonyl (C=O) groups excluding carboxylic acids is 1. The van der Waals surface area contributed by atoms with E-state index < -0.39 is 5.82 Å². The van der Waals surface area contributed by atoms with Crippen molar-refractivity contribution in [2.75, 3.05) is 20.3 Å². The molecule has 0 aliphatic heterocycles. The number of rotatable bonds is 7. The van der Waals surface area contributed by atoms with Crippen molar-refractivity contribution < 1.29 is 13.9 Å². The Morgan fingerprint density at radius 1 is 1.40 bits per heavy atom. The van der Waals surface area contributed by atoms with Crippen molar-refractivity contribution in [3.63, 3.8) is 0 Å². The second-order valence-corrected chi connectivity index (χ2v) is 5.02. The van der Waals surface area contributed by atoms with Crippen molar-refractivity contribution in [3.05, 3.63) is 34.6 Å². The molecule has 0 bridgehead atoms. The monoisotopic (exact) mass is 301 g/mol. The van der Waals surface area contributed by atoms with Crippen LogP contribution < -0.4 is 0 Å². The molecule has 0 aliphatic carbocycles. The van der Waals surface area contributed by atoms with Crippen molar-refractivity contribution in [2.45, 2.75) is 32.7 Å². The van der Waals surface area contributed by atoms with Gasteiger partial charge in [-0.3, -0.25) is 4.79 Å². The number of hydrogen-bond acceptors (Lipinski definition) is 2. The quantitative estimate of drug-likeness (QED) is 0.767. The Balaban J connectivity index is 3.02. The highest BCUT2D eigenvalue weighted by Crippen LogP contribution is 2.19. The van der Waals surface area contributed by atoms with Gasteiger partial charge in [-0.2, -0.15) is 0 Å². The van der Waals surface area contributed by atoms with Crippen LogP contribution in [-0.2, 0) is 4.74 Å². The second-order valence-electron chi connectivity index (χ2n) is 4.59. The van der Waals surface area contributed by atoms with Gasteiger partial charge in [0.15, 0.2) is 0 Å². The minimum absolute atomic E-state index is 0.0532. The lowest BCUT2D eigenvalue weighted by atomic mass is 10.1. The van der Waals surface area contributed by atoms with Gasteiger partial charge in [-0.1, -0.05) is 25.4 Å². The van der Waals surface area contributed by atoms with Crippen molar-refractivity contribution in [2.24, 2.45) is 0 Å². The Labute approximate surface area is 124 Å². The summed E-state index contributed by atoms with van der Waals surface area (Å²) in [6.07, 6.45) is 1.64. The maximum absolute atomic E-state index is 13.9. The van der Waals surface area contributed by atoms with E-state index in [1.165, 1.54) is 12.1 Å². The van der Waals surface area contributed by atoms with E-state index in [2.05, 4.69) is 0 Å². The van der Waals surface area contributed by atoms with Crippen LogP contribution in [0.25, 0.3) is 0 Å². The highest BCUT2D eigenvalue weighted by atomic mass is 35.5. The van der Waals surface area contributed by atoms with Gasteiger partial charge in [-0.25, -0.2) is 4.39 Å². The molecule has 0 unspecified atom stereocenters. The third kappa shape index (κ3) is 4.18. The third-order valence-corrected chi connectivity index (χ3v) is 3.58. The van der Waals surface area contributed by atoms with Gasteiger partial charge in [0, 0.05) is 24.7 Å². The number of benzene rings is 1. The van der Waals surface area contributed by atoms with Gasteiger partial charge in [-0.05, 0) is 31.0 Å². The standard InChI is InChI=1S/C15H21ClFNO2/c1-4-12(5-2)18(8-9-20-3)15(19)13-7-6-11(16)10-14(13)17/h6-7,10,12H,4-5,8-9H2,1-3H3. The van der Waals surface area contributed by atoms with Crippen LogP contribution in [0.4, 0.5) is 4.39 Å². The number of amides is 1. The molecule has 0 aliphatic rings. The Morgan fingerprint density at radius 2 is 2.05 bits per heavy atom. The summed E-state index contributed by atoms with van der Waals surface area (Å²) < 4.78 is 18.9. The van der Waals surface area contributed by atoms with Gasteiger partial charge in [-0.15, -0.1) is 0 Å². The van der Waals surface area contributed by atoms with E-state index in [1.54, 1.807) is 12.0 Å². The van der Waals surface area contributed by atoms with E-state index in [0.29, 0.717) is 13.2 Å². The van der Waals surface area contributed by atoms with Crippen molar-refractivity contribution >= 4 is 17.5 Å². The lowest BCUT2D eigenvalue weighted by Gasteiger charge is -2.30. The van der Waals surface area contributed by atoms with E-state index in [-0.39, 0.29) is 22.5 Å². The van der Waals surface area contributed by atoms with Gasteiger partial charge >= 0.3 is 0 Å². The molecule has 1 aromatic rings. The molecule has 20 heavy (non-hydrogen) atoms. The van der Waals surface area contributed by atoms with Crippen LogP contribution in [0.5, 0.6) is 0 Å². The van der Waals surface area contributed by atoms with Crippen LogP contribution in [0, 0.1) is 5.82 Å². The summed E-state index contributed by atoms with van der Waals surface area (Å²) >= 11 is 5.72. The average Bonchev–Trinajstić information content (AvgIpc) is 2.43. The first-order valence-corrected chi connectivity index (χ1v) is 7.17. The second kappa shape index (κ2) is 8.22. The molecular formula is C15H21ClFNO2. The number of ether oxygens (including phenoxy) is 1. The average molecular weight is 302 g/mol. The topological polar surface area (TPSA) is 29.5 Å². The van der Waals surface area contributed by atoms with Crippen LogP contribution in [0.3, 0.4) is 0 Å². The molecule has 0 spiro atoms. The van der Waals surface area contributed by atoms with Crippen LogP contribution in [0.1, 0.15) is 37.0 Å². The summed E-state index contributed by atoms with van der Waals surface area (Å²) in [6.45, 7) is 4.90. The smallest absolute Gasteiger partial charge is 0.257 e. The predicted molar refractivity (Wildman–Crippen MR) is 78.7 cm³/mol. The lowest BCUT2D eigenvalue weighted by Crippen LogP contribution is -2.42. The molecule has 3 nitrogen and oxygen atoms in total. The molecule has 0 aromatic heterocycles. The van der Waals surface area contributed by atoms with Crippen LogP contribution in [0.15, 0.2) is 18.2 Å². The Morgan fingerprint density at radius 3 is 2.55 bits per heavy atom. The van der Waals surface area contributed by atoms with Crippen molar-refractivity contribution in [1.29, 1.82) is 0 Å². The summed E-state index contributed by atoms with van der Waals surface area (Å²) in [5.74, 6) is -0.902. The third-order valence-electron chi connectivity index (χ3n) is 3.34. The lowest BCUT2D eigenvalue weighted by molar-refractivity contribution is 0.0585. The van der Waals surface area contributed by atoms with Gasteiger partial charge < -0.3 is 9.64 Å². The van der Waals surface area contributed by atoms with E-state index in [0.717, 1.165) is 18.9 Å². The predicted octanol–water partition coefficient (Wildman–Crippen LogP) is 3.76. The van der Waals surface area contributed by atoms with E-state index in [1.807, 2.05) is 13.8 Å². The molecule has 0 saturated carbocycles. The molecule has 112 valence electrons. The molecule has 1 aromatic carbocycles. The van der Waals surface area contributed by atoms with Gasteiger partial charge in [0.1, 0.15) is 5.82 Å². The number of nitrogens with zero attached hydrogens (tertiary/aromatic N) is 1. The molecule has 0 heterocycles. The molecule has 0 atom stereocenters. The zero-order chi connectivity index (χ0) is 15.1. The summed E-state index contributed by atoms with van der Waals surface area (Å²) in [5, 5.41) is 0.282. The molecule has 0 radical (unpaired) electrons. The SMILES string of the molecule is CCC(CC)N(CCOC)C(=O)c1ccc(Cl)cc1F. The van der Waals surface area contributed by atoms with Crippen LogP contribution >= 0.6 is 11.6 Å². The zero-order valence-corrected chi connectivity index (χ0v) is 12.9. The van der Waals surface area contributed by atoms with Crippen molar-refractivity contribution in [3.8, 4) is 0 Å². The normalized spacial score (nSPS) is 10.9. The summed E-state index contributed by atoms with van der Waals surface area (Å²) in [5.41, 5.74) is 0.0532. The highest BCUT2D eigenvalue weighted by molar-refractivity contribution is 6.30. The fourth-order valence-corrected chi connectivity index (χ4v) is 2.35. The number of methoxy groups -OCH3 is 1. The van der Waals surface area contributed by atoms with Crippen molar-refractivity contribution in [1.82, 2.24) is 4.90 Å². The first-order valence-electron chi connectivity index (χ1n) is 6.80. The summed E-state index contributed by atoms with van der Waals surface area (Å²) in [7, 11) is 1.58. The first kappa shape index (κ1) is 16.9. The van der Waals surface area contributed by atoms with Crippen LogP contribution in [0.2, 0.25) is 5.02 Å². The van der Waals surface area contributed by atoms with Gasteiger partial charge in [0.25, 0.3) is 5.91 Å². The Kier molecular flexibility index (Phi) is 6.96. The van der Waals surface area contributed by atoms with Gasteiger partial charge in [0.05, 0.1) is 12.2 Å². The van der Waals surface area contributed by atoms with E-state index >= 15 is 0 Å². The molecule has 0 saturated heterocycles. The Hall–Kier alpha value is -1.13. The number of halogens is 2. The fraction of sp³-hybridized carbons (Fsp3) is 0.533. The molecule has 0 N–H and O–H groups in total. The molecule has 5 heteroatoms. The zero-order valence-electron chi connectivity index (χ0n) is 12.2. The minimum atomic E-state index is -0.587. The Bertz CT molecular complexity index is 449.